The molecule has 2 rings (SSSR count). The van der Waals surface area contributed by atoms with Gasteiger partial charge in [0.2, 0.25) is 0 Å². The normalized spacial score (nSPS) is 10.2. The molecule has 0 aliphatic carbocycles. The minimum atomic E-state index is -0.318. The summed E-state index contributed by atoms with van der Waals surface area (Å²) in [5, 5.41) is 0. The van der Waals surface area contributed by atoms with Crippen molar-refractivity contribution in [2.45, 2.75) is 0 Å². The first-order chi connectivity index (χ1) is 7.72. The molecule has 6 heteroatoms. The van der Waals surface area contributed by atoms with Crippen molar-refractivity contribution in [3.63, 3.8) is 0 Å². The third-order valence-electron chi connectivity index (χ3n) is 2.02. The van der Waals surface area contributed by atoms with Crippen molar-refractivity contribution in [2.75, 3.05) is 5.43 Å². The number of nitrogens with zero attached hydrogens (tertiary/aromatic N) is 2. The summed E-state index contributed by atoms with van der Waals surface area (Å²) in [5.41, 5.74) is 3.74. The van der Waals surface area contributed by atoms with E-state index in [4.69, 9.17) is 5.84 Å². The number of hydrogen-bond donors (Lipinski definition) is 2. The number of hydrogen-bond acceptors (Lipinski definition) is 4. The number of rotatable bonds is 2. The van der Waals surface area contributed by atoms with Gasteiger partial charge in [-0.1, -0.05) is 0 Å². The van der Waals surface area contributed by atoms with Crippen LogP contribution in [0.3, 0.4) is 0 Å². The van der Waals surface area contributed by atoms with Crippen LogP contribution in [0.25, 0.3) is 11.3 Å². The molecule has 82 valence electrons. The largest absolute Gasteiger partial charge is 0.307 e. The van der Waals surface area contributed by atoms with E-state index in [0.717, 1.165) is 5.56 Å². The van der Waals surface area contributed by atoms with Crippen molar-refractivity contribution in [3.05, 3.63) is 40.9 Å². The Balaban J connectivity index is 2.58. The molecule has 0 bridgehead atoms. The van der Waals surface area contributed by atoms with Crippen molar-refractivity contribution < 1.29 is 4.39 Å². The van der Waals surface area contributed by atoms with Gasteiger partial charge in [-0.15, -0.1) is 0 Å². The number of nitrogen functional groups attached to an aromatic ring is 1. The van der Waals surface area contributed by atoms with Gasteiger partial charge < -0.3 is 5.43 Å². The van der Waals surface area contributed by atoms with E-state index in [-0.39, 0.29) is 5.82 Å². The van der Waals surface area contributed by atoms with E-state index in [9.17, 15) is 4.39 Å². The number of nitrogens with two attached hydrogens (primary N) is 1. The third kappa shape index (κ3) is 2.02. The quantitative estimate of drug-likeness (QED) is 0.656. The van der Waals surface area contributed by atoms with Gasteiger partial charge in [0.25, 0.3) is 0 Å². The molecule has 0 atom stereocenters. The summed E-state index contributed by atoms with van der Waals surface area (Å²) in [5.74, 6) is 5.45. The molecule has 0 amide bonds. The van der Waals surface area contributed by atoms with Gasteiger partial charge in [0.15, 0.2) is 5.82 Å². The van der Waals surface area contributed by atoms with Crippen molar-refractivity contribution in [3.8, 4) is 11.3 Å². The van der Waals surface area contributed by atoms with E-state index in [2.05, 4.69) is 31.3 Å². The van der Waals surface area contributed by atoms with Crippen LogP contribution < -0.4 is 11.3 Å². The summed E-state index contributed by atoms with van der Waals surface area (Å²) in [4.78, 5) is 8.18. The van der Waals surface area contributed by atoms with Crippen molar-refractivity contribution in [2.24, 2.45) is 5.84 Å². The molecule has 0 unspecified atom stereocenters. The Morgan fingerprint density at radius 3 is 2.69 bits per heavy atom. The molecule has 0 aliphatic rings. The van der Waals surface area contributed by atoms with Crippen LogP contribution in [0.4, 0.5) is 10.2 Å². The van der Waals surface area contributed by atoms with Crippen molar-refractivity contribution in [1.29, 1.82) is 0 Å². The van der Waals surface area contributed by atoms with Gasteiger partial charge in [-0.3, -0.25) is 4.98 Å². The fraction of sp³-hybridized carbons (Fsp3) is 0. The van der Waals surface area contributed by atoms with Crippen LogP contribution in [-0.4, -0.2) is 9.97 Å². The summed E-state index contributed by atoms with van der Waals surface area (Å²) in [6.07, 6.45) is 3.07. The lowest BCUT2D eigenvalue weighted by atomic mass is 10.1. The summed E-state index contributed by atoms with van der Waals surface area (Å²) < 4.78 is 13.5. The number of aromatic nitrogens is 2. The van der Waals surface area contributed by atoms with Crippen LogP contribution >= 0.6 is 15.9 Å². The monoisotopic (exact) mass is 282 g/mol. The van der Waals surface area contributed by atoms with E-state index in [1.54, 1.807) is 12.3 Å². The van der Waals surface area contributed by atoms with Gasteiger partial charge in [-0.25, -0.2) is 15.2 Å². The highest BCUT2D eigenvalue weighted by Gasteiger charge is 2.10. The Morgan fingerprint density at radius 1 is 1.25 bits per heavy atom. The second-order valence-electron chi connectivity index (χ2n) is 3.02. The van der Waals surface area contributed by atoms with Gasteiger partial charge in [-0.05, 0) is 34.1 Å². The van der Waals surface area contributed by atoms with E-state index < -0.39 is 0 Å². The summed E-state index contributed by atoms with van der Waals surface area (Å²) in [7, 11) is 0. The number of anilines is 1. The zero-order chi connectivity index (χ0) is 11.5. The molecule has 16 heavy (non-hydrogen) atoms. The fourth-order valence-electron chi connectivity index (χ4n) is 1.32. The van der Waals surface area contributed by atoms with Crippen LogP contribution in [-0.2, 0) is 0 Å². The third-order valence-corrected chi connectivity index (χ3v) is 2.68. The molecule has 0 saturated heterocycles. The van der Waals surface area contributed by atoms with Gasteiger partial charge in [-0.2, -0.15) is 0 Å². The van der Waals surface area contributed by atoms with Crippen LogP contribution in [0, 0.1) is 5.82 Å². The average Bonchev–Trinajstić information content (AvgIpc) is 2.29. The molecule has 0 saturated carbocycles. The molecular formula is C10H8BrFN4. The van der Waals surface area contributed by atoms with Gasteiger partial charge in [0.05, 0.1) is 0 Å². The molecule has 4 nitrogen and oxygen atoms in total. The topological polar surface area (TPSA) is 63.8 Å². The Hall–Kier alpha value is -1.53. The number of benzene rings is 1. The minimum absolute atomic E-state index is 0.318. The van der Waals surface area contributed by atoms with Crippen molar-refractivity contribution >= 4 is 21.7 Å². The summed E-state index contributed by atoms with van der Waals surface area (Å²) >= 11 is 3.27. The first-order valence-electron chi connectivity index (χ1n) is 4.45. The maximum absolute atomic E-state index is 12.9. The van der Waals surface area contributed by atoms with E-state index in [1.807, 2.05) is 0 Å². The summed E-state index contributed by atoms with van der Waals surface area (Å²) in [6, 6.07) is 4.34. The van der Waals surface area contributed by atoms with Crippen LogP contribution in [0.5, 0.6) is 0 Å². The highest BCUT2D eigenvalue weighted by molar-refractivity contribution is 9.10. The smallest absolute Gasteiger partial charge is 0.166 e. The van der Waals surface area contributed by atoms with Crippen molar-refractivity contribution in [1.82, 2.24) is 9.97 Å². The predicted molar refractivity (Wildman–Crippen MR) is 62.9 cm³/mol. The first-order valence-corrected chi connectivity index (χ1v) is 5.24. The lowest BCUT2D eigenvalue weighted by Gasteiger charge is -2.07. The molecular weight excluding hydrogens is 275 g/mol. The lowest BCUT2D eigenvalue weighted by molar-refractivity contribution is 0.627. The molecule has 3 N–H and O–H groups in total. The predicted octanol–water partition coefficient (Wildman–Crippen LogP) is 2.33. The van der Waals surface area contributed by atoms with E-state index in [0.29, 0.717) is 16.0 Å². The summed E-state index contributed by atoms with van der Waals surface area (Å²) in [6.45, 7) is 0. The minimum Gasteiger partial charge on any atom is -0.307 e. The van der Waals surface area contributed by atoms with Gasteiger partial charge >= 0.3 is 0 Å². The molecule has 1 aromatic carbocycles. The standard InChI is InChI=1S/C10H8BrFN4/c11-8-5-6(12)1-2-7(8)9-10(16-13)15-4-3-14-9/h1-5H,13H2,(H,15,16). The molecule has 0 spiro atoms. The van der Waals surface area contributed by atoms with Gasteiger partial charge in [0.1, 0.15) is 11.5 Å². The van der Waals surface area contributed by atoms with E-state index >= 15 is 0 Å². The Labute approximate surface area is 99.8 Å². The molecule has 1 aromatic heterocycles. The second kappa shape index (κ2) is 4.54. The SMILES string of the molecule is NNc1nccnc1-c1ccc(F)cc1Br. The molecule has 2 aromatic rings. The first kappa shape index (κ1) is 11.0. The lowest BCUT2D eigenvalue weighted by Crippen LogP contribution is -2.10. The number of nitrogens with one attached hydrogen (secondary N) is 1. The zero-order valence-electron chi connectivity index (χ0n) is 8.11. The fourth-order valence-corrected chi connectivity index (χ4v) is 1.86. The highest BCUT2D eigenvalue weighted by atomic mass is 79.9. The molecule has 0 radical (unpaired) electrons. The Kier molecular flexibility index (Phi) is 3.12. The maximum Gasteiger partial charge on any atom is 0.166 e. The maximum atomic E-state index is 12.9. The highest BCUT2D eigenvalue weighted by Crippen LogP contribution is 2.30. The van der Waals surface area contributed by atoms with Crippen LogP contribution in [0.2, 0.25) is 0 Å². The van der Waals surface area contributed by atoms with E-state index in [1.165, 1.54) is 18.3 Å². The number of halogens is 2. The second-order valence-corrected chi connectivity index (χ2v) is 3.88. The Morgan fingerprint density at radius 2 is 2.00 bits per heavy atom. The molecule has 1 heterocycles. The van der Waals surface area contributed by atoms with Gasteiger partial charge in [0, 0.05) is 22.4 Å². The van der Waals surface area contributed by atoms with Crippen LogP contribution in [0.1, 0.15) is 0 Å². The molecule has 0 aliphatic heterocycles. The van der Waals surface area contributed by atoms with Crippen LogP contribution in [0.15, 0.2) is 35.1 Å². The average molecular weight is 283 g/mol. The molecule has 0 fully saturated rings. The Bertz CT molecular complexity index is 518. The number of hydrazine groups is 1. The zero-order valence-corrected chi connectivity index (χ0v) is 9.70.